The van der Waals surface area contributed by atoms with E-state index in [2.05, 4.69) is 35.8 Å². The lowest BCUT2D eigenvalue weighted by Gasteiger charge is -2.21. The zero-order valence-electron chi connectivity index (χ0n) is 18.4. The lowest BCUT2D eigenvalue weighted by Crippen LogP contribution is -2.32. The van der Waals surface area contributed by atoms with Crippen LogP contribution in [0, 0.1) is 0 Å². The summed E-state index contributed by atoms with van der Waals surface area (Å²) in [4.78, 5) is 28.9. The molecule has 0 aromatic heterocycles. The first kappa shape index (κ1) is 41.9. The fraction of sp³-hybridized carbons (Fsp3) is 0.846. The van der Waals surface area contributed by atoms with Crippen LogP contribution in [0.2, 0.25) is 0 Å². The average Bonchev–Trinajstić information content (AvgIpc) is 3.29. The molecule has 4 aliphatic heterocycles. The van der Waals surface area contributed by atoms with E-state index in [9.17, 15) is 9.59 Å². The molecule has 4 heterocycles. The Kier molecular flexibility index (Phi) is 32.2. The van der Waals surface area contributed by atoms with Gasteiger partial charge >= 0.3 is 0 Å². The maximum Gasteiger partial charge on any atom is 0.253 e. The van der Waals surface area contributed by atoms with Gasteiger partial charge in [-0.2, -0.15) is 0 Å². The Morgan fingerprint density at radius 3 is 1.00 bits per heavy atom. The molecule has 0 unspecified atom stereocenters. The summed E-state index contributed by atoms with van der Waals surface area (Å²) in [6.45, 7) is 9.30. The van der Waals surface area contributed by atoms with Gasteiger partial charge in [-0.05, 0) is 73.0 Å². The molecule has 3 saturated heterocycles. The van der Waals surface area contributed by atoms with Crippen LogP contribution < -0.4 is 0 Å². The Hall–Kier alpha value is -1.28. The summed E-state index contributed by atoms with van der Waals surface area (Å²) in [6, 6.07) is 0. The highest BCUT2D eigenvalue weighted by Crippen LogP contribution is 2.04. The first-order chi connectivity index (χ1) is 13.4. The van der Waals surface area contributed by atoms with Crippen LogP contribution in [0.15, 0.2) is 12.2 Å². The lowest BCUT2D eigenvalue weighted by molar-refractivity contribution is -0.135. The minimum Gasteiger partial charge on any atom is -0.379 e. The summed E-state index contributed by atoms with van der Waals surface area (Å²) < 4.78 is 5.10. The number of amides is 2. The van der Waals surface area contributed by atoms with Crippen LogP contribution in [0.25, 0.3) is 0 Å². The highest BCUT2D eigenvalue weighted by atomic mass is 16.5. The largest absolute Gasteiger partial charge is 0.379 e. The molecule has 0 N–H and O–H groups in total. The quantitative estimate of drug-likeness (QED) is 0.480. The van der Waals surface area contributed by atoms with Gasteiger partial charge < -0.3 is 19.4 Å². The molecule has 0 aromatic rings. The van der Waals surface area contributed by atoms with E-state index in [4.69, 9.17) is 4.74 Å². The third-order valence-electron chi connectivity index (χ3n) is 5.17. The monoisotopic (exact) mass is 476 g/mol. The van der Waals surface area contributed by atoms with Crippen LogP contribution >= 0.6 is 0 Å². The van der Waals surface area contributed by atoms with Gasteiger partial charge in [-0.3, -0.25) is 14.5 Å². The van der Waals surface area contributed by atoms with Gasteiger partial charge in [-0.25, -0.2) is 0 Å². The Balaban J connectivity index is -0.000000101. The van der Waals surface area contributed by atoms with Crippen LogP contribution in [-0.2, 0) is 14.3 Å². The van der Waals surface area contributed by atoms with Gasteiger partial charge in [0.1, 0.15) is 0 Å². The Morgan fingerprint density at radius 2 is 0.848 bits per heavy atom. The van der Waals surface area contributed by atoms with Gasteiger partial charge in [0.05, 0.1) is 13.2 Å². The van der Waals surface area contributed by atoms with Crippen molar-refractivity contribution in [2.45, 2.75) is 69.2 Å². The second-order valence-corrected chi connectivity index (χ2v) is 7.86. The number of imide groups is 1. The molecule has 3 fully saturated rings. The van der Waals surface area contributed by atoms with Crippen molar-refractivity contribution in [1.29, 1.82) is 0 Å². The zero-order chi connectivity index (χ0) is 20.8. The maximum atomic E-state index is 10.4. The van der Waals surface area contributed by atoms with Gasteiger partial charge in [0.2, 0.25) is 0 Å². The average molecular weight is 477 g/mol. The van der Waals surface area contributed by atoms with Crippen molar-refractivity contribution >= 4 is 11.8 Å². The molecule has 0 aliphatic carbocycles. The summed E-state index contributed by atoms with van der Waals surface area (Å²) in [5.74, 6) is -0.481. The molecule has 4 aliphatic rings. The van der Waals surface area contributed by atoms with Gasteiger partial charge in [-0.15, -0.1) is 0 Å². The van der Waals surface area contributed by atoms with Crippen molar-refractivity contribution in [2.75, 3.05) is 80.7 Å². The van der Waals surface area contributed by atoms with E-state index in [1.807, 2.05) is 0 Å². The molecule has 0 aromatic carbocycles. The van der Waals surface area contributed by atoms with Crippen molar-refractivity contribution in [3.8, 4) is 0 Å². The molecule has 4 rings (SSSR count). The summed E-state index contributed by atoms with van der Waals surface area (Å²) in [7, 11) is 7.93. The van der Waals surface area contributed by atoms with Gasteiger partial charge in [0, 0.05) is 32.3 Å². The maximum absolute atomic E-state index is 10.4. The van der Waals surface area contributed by atoms with E-state index < -0.39 is 0 Å². The second-order valence-electron chi connectivity index (χ2n) is 7.86. The number of hydrogen-bond donors (Lipinski definition) is 0. The molecule has 7 heteroatoms. The molecule has 0 saturated carbocycles. The van der Waals surface area contributed by atoms with Crippen molar-refractivity contribution < 1.29 is 14.3 Å². The number of carbonyl (C=O) groups excluding carboxylic acids is 2. The predicted octanol–water partition coefficient (Wildman–Crippen LogP) is 4.48. The summed E-state index contributed by atoms with van der Waals surface area (Å²) in [5, 5.41) is 0. The molecule has 0 bridgehead atoms. The number of nitrogens with zero attached hydrogens (tertiary/aromatic N) is 4. The highest BCUT2D eigenvalue weighted by molar-refractivity contribution is 6.12. The van der Waals surface area contributed by atoms with Crippen molar-refractivity contribution in [1.82, 2.24) is 19.6 Å². The first-order valence-corrected chi connectivity index (χ1v) is 10.5. The molecular weight excluding hydrogens is 416 g/mol. The van der Waals surface area contributed by atoms with Crippen LogP contribution in [0.4, 0.5) is 0 Å². The fourth-order valence-electron chi connectivity index (χ4n) is 3.06. The van der Waals surface area contributed by atoms with Crippen LogP contribution in [-0.4, -0.2) is 112 Å². The van der Waals surface area contributed by atoms with Gasteiger partial charge in [0.15, 0.2) is 0 Å². The summed E-state index contributed by atoms with van der Waals surface area (Å²) in [5.41, 5.74) is 0. The fourth-order valence-corrected chi connectivity index (χ4v) is 3.06. The van der Waals surface area contributed by atoms with Crippen molar-refractivity contribution in [3.05, 3.63) is 12.2 Å². The van der Waals surface area contributed by atoms with Crippen LogP contribution in [0.5, 0.6) is 0 Å². The van der Waals surface area contributed by atoms with Crippen LogP contribution in [0.1, 0.15) is 69.2 Å². The normalized spacial score (nSPS) is 19.8. The SMILES string of the molecule is C.C.C.C.C.CN1C(=O)C=CC1=O.CN1CCCC1.CN1CCCCC1.CN1CCOCC1. The predicted molar refractivity (Wildman–Crippen MR) is 147 cm³/mol. The molecule has 0 radical (unpaired) electrons. The van der Waals surface area contributed by atoms with Gasteiger partial charge in [-0.1, -0.05) is 43.6 Å². The zero-order valence-corrected chi connectivity index (χ0v) is 18.4. The number of morpholine rings is 1. The Labute approximate surface area is 208 Å². The van der Waals surface area contributed by atoms with Gasteiger partial charge in [0.25, 0.3) is 11.8 Å². The topological polar surface area (TPSA) is 56.3 Å². The number of piperidine rings is 1. The van der Waals surface area contributed by atoms with E-state index in [0.29, 0.717) is 0 Å². The van der Waals surface area contributed by atoms with E-state index in [1.165, 1.54) is 77.5 Å². The number of hydrogen-bond acceptors (Lipinski definition) is 6. The smallest absolute Gasteiger partial charge is 0.253 e. The van der Waals surface area contributed by atoms with Crippen LogP contribution in [0.3, 0.4) is 0 Å². The third kappa shape index (κ3) is 21.0. The molecule has 33 heavy (non-hydrogen) atoms. The molecule has 202 valence electrons. The van der Waals surface area contributed by atoms with E-state index in [-0.39, 0.29) is 48.9 Å². The number of likely N-dealkylation sites (tertiary alicyclic amines) is 2. The van der Waals surface area contributed by atoms with E-state index >= 15 is 0 Å². The van der Waals surface area contributed by atoms with E-state index in [1.54, 1.807) is 0 Å². The van der Waals surface area contributed by atoms with Crippen molar-refractivity contribution in [3.63, 3.8) is 0 Å². The second kappa shape index (κ2) is 25.3. The Bertz CT molecular complexity index is 434. The highest BCUT2D eigenvalue weighted by Gasteiger charge is 2.17. The number of ether oxygens (including phenoxy) is 1. The summed E-state index contributed by atoms with van der Waals surface area (Å²) in [6.07, 6.45) is 9.61. The number of carbonyl (C=O) groups is 2. The molecule has 7 nitrogen and oxygen atoms in total. The summed E-state index contributed by atoms with van der Waals surface area (Å²) >= 11 is 0. The first-order valence-electron chi connectivity index (χ1n) is 10.5. The Morgan fingerprint density at radius 1 is 0.545 bits per heavy atom. The standard InChI is InChI=1S/C6H13N.C5H5NO2.C5H11NO.C5H11N.5CH4/c1-7-5-3-2-4-6-7;1-6-4(7)2-3-5(6)8;1-6-2-4-7-5-3-6;1-6-4-2-3-5-6;;;;;/h2-6H2,1H3;2-3H,1H3;2-5H2,1H3;2-5H2,1H3;5*1H4. The number of rotatable bonds is 0. The third-order valence-corrected chi connectivity index (χ3v) is 5.17. The van der Waals surface area contributed by atoms with Crippen molar-refractivity contribution in [2.24, 2.45) is 0 Å². The minimum atomic E-state index is -0.241. The minimum absolute atomic E-state index is 0. The molecule has 0 atom stereocenters. The van der Waals surface area contributed by atoms with E-state index in [0.717, 1.165) is 31.2 Å². The lowest BCUT2D eigenvalue weighted by atomic mass is 10.1. The number of likely N-dealkylation sites (N-methyl/N-ethyl adjacent to an activating group) is 2. The molecule has 2 amide bonds. The molecular formula is C26H60N4O3. The molecule has 0 spiro atoms.